The van der Waals surface area contributed by atoms with Gasteiger partial charge in [-0.15, -0.1) is 11.8 Å². The van der Waals surface area contributed by atoms with Crippen molar-refractivity contribution < 1.29 is 14.4 Å². The van der Waals surface area contributed by atoms with E-state index in [1.807, 2.05) is 0 Å². The lowest BCUT2D eigenvalue weighted by Crippen LogP contribution is -2.30. The van der Waals surface area contributed by atoms with Crippen LogP contribution in [0.1, 0.15) is 12.8 Å². The summed E-state index contributed by atoms with van der Waals surface area (Å²) >= 11 is 1.17. The second-order valence-corrected chi connectivity index (χ2v) is 5.26. The third kappa shape index (κ3) is 5.89. The fraction of sp³-hybridized carbons (Fsp3) is 0.333. The van der Waals surface area contributed by atoms with Gasteiger partial charge in [-0.2, -0.15) is 0 Å². The highest BCUT2D eigenvalue weighted by molar-refractivity contribution is 8.00. The lowest BCUT2D eigenvalue weighted by Gasteiger charge is -2.13. The number of thioether (sulfide) groups is 1. The number of nitrogens with one attached hydrogen (secondary N) is 1. The van der Waals surface area contributed by atoms with Crippen LogP contribution in [0.25, 0.3) is 0 Å². The molecule has 110 valence electrons. The molecule has 1 aromatic rings. The molecule has 0 saturated heterocycles. The Bertz CT molecular complexity index is 480. The predicted octanol–water partition coefficient (Wildman–Crippen LogP) is 0.845. The molecule has 0 aliphatic carbocycles. The van der Waals surface area contributed by atoms with Crippen LogP contribution in [0.4, 0.5) is 4.39 Å². The van der Waals surface area contributed by atoms with Crippen LogP contribution in [-0.2, 0) is 4.79 Å². The first kappa shape index (κ1) is 16.3. The first-order chi connectivity index (χ1) is 9.52. The zero-order chi connectivity index (χ0) is 15.0. The van der Waals surface area contributed by atoms with Crippen LogP contribution in [0.3, 0.4) is 0 Å². The van der Waals surface area contributed by atoms with E-state index in [1.54, 1.807) is 17.6 Å². The molecule has 1 rings (SSSR count). The summed E-state index contributed by atoms with van der Waals surface area (Å²) in [6.07, 6.45) is 1.02. The Balaban J connectivity index is 2.60. The van der Waals surface area contributed by atoms with Gasteiger partial charge in [-0.05, 0) is 31.0 Å². The molecule has 0 saturated carbocycles. The molecule has 0 aliphatic rings. The maximum atomic E-state index is 13.1. The number of carbonyl (C=O) groups excluding carboxylic acids is 1. The average molecular weight is 300 g/mol. The summed E-state index contributed by atoms with van der Waals surface area (Å²) in [6, 6.07) is 5.91. The molecule has 20 heavy (non-hydrogen) atoms. The van der Waals surface area contributed by atoms with Crippen molar-refractivity contribution >= 4 is 23.6 Å². The van der Waals surface area contributed by atoms with Gasteiger partial charge in [0.25, 0.3) is 5.91 Å². The molecule has 0 spiro atoms. The first-order valence-electron chi connectivity index (χ1n) is 5.94. The van der Waals surface area contributed by atoms with Crippen LogP contribution >= 0.6 is 11.8 Å². The number of halogens is 1. The molecule has 1 amide bonds. The monoisotopic (exact) mass is 300 g/mol. The topological polar surface area (TPSA) is 114 Å². The highest BCUT2D eigenvalue weighted by atomic mass is 32.2. The SMILES string of the molecule is NC(N)=NCCCC(Sc1cccc(F)c1)C(=O)NO. The number of amides is 1. The van der Waals surface area contributed by atoms with Gasteiger partial charge in [-0.25, -0.2) is 9.87 Å². The van der Waals surface area contributed by atoms with E-state index in [4.69, 9.17) is 16.7 Å². The van der Waals surface area contributed by atoms with Gasteiger partial charge in [0.2, 0.25) is 0 Å². The molecule has 1 aromatic carbocycles. The maximum absolute atomic E-state index is 13.1. The van der Waals surface area contributed by atoms with Crippen molar-refractivity contribution in [2.45, 2.75) is 23.0 Å². The molecule has 0 aromatic heterocycles. The van der Waals surface area contributed by atoms with Gasteiger partial charge in [0, 0.05) is 11.4 Å². The molecule has 0 aliphatic heterocycles. The average Bonchev–Trinajstić information content (AvgIpc) is 2.41. The molecular formula is C12H17FN4O2S. The minimum absolute atomic E-state index is 0.00839. The van der Waals surface area contributed by atoms with Crippen LogP contribution in [0.2, 0.25) is 0 Å². The fourth-order valence-corrected chi connectivity index (χ4v) is 2.62. The van der Waals surface area contributed by atoms with Gasteiger partial charge < -0.3 is 11.5 Å². The van der Waals surface area contributed by atoms with Crippen molar-refractivity contribution in [1.29, 1.82) is 0 Å². The minimum atomic E-state index is -0.545. The molecule has 1 atom stereocenters. The summed E-state index contributed by atoms with van der Waals surface area (Å²) in [6.45, 7) is 0.390. The summed E-state index contributed by atoms with van der Waals surface area (Å²) in [5, 5.41) is 8.18. The number of hydrogen-bond donors (Lipinski definition) is 4. The zero-order valence-corrected chi connectivity index (χ0v) is 11.6. The zero-order valence-electron chi connectivity index (χ0n) is 10.8. The van der Waals surface area contributed by atoms with E-state index in [2.05, 4.69) is 4.99 Å². The Kier molecular flexibility index (Phi) is 6.82. The third-order valence-electron chi connectivity index (χ3n) is 2.40. The molecule has 6 nitrogen and oxygen atoms in total. The Hall–Kier alpha value is -1.80. The Morgan fingerprint density at radius 1 is 1.50 bits per heavy atom. The van der Waals surface area contributed by atoms with Crippen molar-refractivity contribution in [3.8, 4) is 0 Å². The van der Waals surface area contributed by atoms with Gasteiger partial charge in [-0.1, -0.05) is 6.07 Å². The maximum Gasteiger partial charge on any atom is 0.256 e. The standard InChI is InChI=1S/C12H17FN4O2S/c13-8-3-1-4-9(7-8)20-10(11(18)17-19)5-2-6-16-12(14)15/h1,3-4,7,10,19H,2,5-6H2,(H,17,18)(H4,14,15,16). The van der Waals surface area contributed by atoms with E-state index < -0.39 is 11.2 Å². The summed E-state index contributed by atoms with van der Waals surface area (Å²) in [7, 11) is 0. The molecule has 6 N–H and O–H groups in total. The Labute approximate surface area is 120 Å². The highest BCUT2D eigenvalue weighted by Gasteiger charge is 2.19. The van der Waals surface area contributed by atoms with Crippen LogP contribution in [0.15, 0.2) is 34.2 Å². The minimum Gasteiger partial charge on any atom is -0.370 e. The summed E-state index contributed by atoms with van der Waals surface area (Å²) in [5.74, 6) is -0.923. The van der Waals surface area contributed by atoms with Crippen molar-refractivity contribution in [3.63, 3.8) is 0 Å². The van der Waals surface area contributed by atoms with E-state index in [9.17, 15) is 9.18 Å². The number of rotatable bonds is 7. The molecule has 0 heterocycles. The lowest BCUT2D eigenvalue weighted by atomic mass is 10.2. The second kappa shape index (κ2) is 8.39. The summed E-state index contributed by atoms with van der Waals surface area (Å²) in [4.78, 5) is 16.0. The lowest BCUT2D eigenvalue weighted by molar-refractivity contribution is -0.128. The number of nitrogens with two attached hydrogens (primary N) is 2. The van der Waals surface area contributed by atoms with Gasteiger partial charge in [-0.3, -0.25) is 15.0 Å². The number of benzene rings is 1. The molecule has 1 unspecified atom stereocenters. The van der Waals surface area contributed by atoms with E-state index in [0.29, 0.717) is 24.3 Å². The van der Waals surface area contributed by atoms with Crippen molar-refractivity contribution in [3.05, 3.63) is 30.1 Å². The quantitative estimate of drug-likeness (QED) is 0.149. The van der Waals surface area contributed by atoms with Crippen LogP contribution < -0.4 is 16.9 Å². The van der Waals surface area contributed by atoms with Gasteiger partial charge in [0.05, 0.1) is 5.25 Å². The van der Waals surface area contributed by atoms with Gasteiger partial charge in [0.1, 0.15) is 5.82 Å². The highest BCUT2D eigenvalue weighted by Crippen LogP contribution is 2.27. The molecular weight excluding hydrogens is 283 g/mol. The van der Waals surface area contributed by atoms with Crippen molar-refractivity contribution in [1.82, 2.24) is 5.48 Å². The van der Waals surface area contributed by atoms with Crippen LogP contribution in [0, 0.1) is 5.82 Å². The largest absolute Gasteiger partial charge is 0.370 e. The second-order valence-electron chi connectivity index (χ2n) is 3.99. The number of hydroxylamine groups is 1. The van der Waals surface area contributed by atoms with Crippen molar-refractivity contribution in [2.24, 2.45) is 16.5 Å². The van der Waals surface area contributed by atoms with Crippen molar-refractivity contribution in [2.75, 3.05) is 6.54 Å². The first-order valence-corrected chi connectivity index (χ1v) is 6.82. The number of hydrogen-bond acceptors (Lipinski definition) is 4. The molecule has 0 fully saturated rings. The van der Waals surface area contributed by atoms with Gasteiger partial charge in [0.15, 0.2) is 5.96 Å². The van der Waals surface area contributed by atoms with E-state index >= 15 is 0 Å². The van der Waals surface area contributed by atoms with E-state index in [-0.39, 0.29) is 11.8 Å². The Morgan fingerprint density at radius 2 is 2.25 bits per heavy atom. The van der Waals surface area contributed by atoms with E-state index in [0.717, 1.165) is 0 Å². The molecule has 0 radical (unpaired) electrons. The normalized spacial score (nSPS) is 11.7. The van der Waals surface area contributed by atoms with Crippen LogP contribution in [0.5, 0.6) is 0 Å². The molecule has 0 bridgehead atoms. The predicted molar refractivity (Wildman–Crippen MR) is 75.9 cm³/mol. The fourth-order valence-electron chi connectivity index (χ4n) is 1.50. The van der Waals surface area contributed by atoms with Gasteiger partial charge >= 0.3 is 0 Å². The third-order valence-corrected chi connectivity index (χ3v) is 3.66. The number of guanidine groups is 1. The van der Waals surface area contributed by atoms with E-state index in [1.165, 1.54) is 23.9 Å². The smallest absolute Gasteiger partial charge is 0.256 e. The summed E-state index contributed by atoms with van der Waals surface area (Å²) < 4.78 is 13.1. The Morgan fingerprint density at radius 3 is 2.85 bits per heavy atom. The number of aliphatic imine (C=N–C) groups is 1. The number of nitrogens with zero attached hydrogens (tertiary/aromatic N) is 1. The molecule has 8 heteroatoms. The van der Waals surface area contributed by atoms with Crippen LogP contribution in [-0.4, -0.2) is 28.9 Å². The summed E-state index contributed by atoms with van der Waals surface area (Å²) in [5.41, 5.74) is 12.0. The number of carbonyl (C=O) groups is 1.